The van der Waals surface area contributed by atoms with E-state index in [4.69, 9.17) is 0 Å². The summed E-state index contributed by atoms with van der Waals surface area (Å²) in [7, 11) is -3.10. The van der Waals surface area contributed by atoms with Gasteiger partial charge in [0.15, 0.2) is 0 Å². The summed E-state index contributed by atoms with van der Waals surface area (Å²) in [5.74, 6) is 7.64. The maximum atomic E-state index is 3.82. The van der Waals surface area contributed by atoms with Gasteiger partial charge in [0, 0.05) is 10.8 Å². The molecule has 0 atom stereocenters. The van der Waals surface area contributed by atoms with E-state index in [0.717, 1.165) is 38.5 Å². The molecule has 47 heavy (non-hydrogen) atoms. The van der Waals surface area contributed by atoms with Gasteiger partial charge < -0.3 is 0 Å². The SMILES string of the molecule is CCCc1c(CCC)c(CCC)c2c(c1CCC)Cc1c(c(CCC)c3c(C#C[Si](C)(C)C)sc(C#C[Si](C)(C)C)c3c1CCC)C2. The number of benzene rings is 2. The van der Waals surface area contributed by atoms with Crippen molar-refractivity contribution in [1.82, 2.24) is 0 Å². The van der Waals surface area contributed by atoms with Crippen molar-refractivity contribution in [3.8, 4) is 22.9 Å². The molecule has 3 heteroatoms. The minimum Gasteiger partial charge on any atom is -0.126 e. The van der Waals surface area contributed by atoms with Crippen molar-refractivity contribution in [2.45, 2.75) is 171 Å². The van der Waals surface area contributed by atoms with E-state index < -0.39 is 16.1 Å². The van der Waals surface area contributed by atoms with Crippen LogP contribution in [-0.4, -0.2) is 16.1 Å². The second-order valence-electron chi connectivity index (χ2n) is 16.1. The molecule has 3 aromatic rings. The number of fused-ring (bicyclic) bond motifs is 3. The van der Waals surface area contributed by atoms with Gasteiger partial charge in [0.2, 0.25) is 0 Å². The predicted molar refractivity (Wildman–Crippen MR) is 218 cm³/mol. The molecule has 1 aliphatic rings. The number of hydrogen-bond donors (Lipinski definition) is 0. The molecule has 254 valence electrons. The first kappa shape index (κ1) is 37.8. The predicted octanol–water partition coefficient (Wildman–Crippen LogP) is 12.6. The summed E-state index contributed by atoms with van der Waals surface area (Å²) in [5, 5.41) is 2.96. The third-order valence-electron chi connectivity index (χ3n) is 9.60. The Morgan fingerprint density at radius 3 is 1.00 bits per heavy atom. The second kappa shape index (κ2) is 16.1. The summed E-state index contributed by atoms with van der Waals surface area (Å²) >= 11 is 1.91. The molecule has 1 aliphatic carbocycles. The first-order valence-corrected chi connectivity index (χ1v) is 27.0. The Bertz CT molecular complexity index is 1590. The lowest BCUT2D eigenvalue weighted by molar-refractivity contribution is 0.768. The summed E-state index contributed by atoms with van der Waals surface area (Å²) in [4.78, 5) is 2.59. The molecule has 0 unspecified atom stereocenters. The maximum absolute atomic E-state index is 3.82. The fraction of sp³-hybridized carbons (Fsp3) is 0.591. The molecular weight excluding hydrogens is 617 g/mol. The van der Waals surface area contributed by atoms with Crippen LogP contribution in [0.2, 0.25) is 39.3 Å². The molecule has 0 spiro atoms. The van der Waals surface area contributed by atoms with E-state index in [1.54, 1.807) is 55.6 Å². The highest BCUT2D eigenvalue weighted by Crippen LogP contribution is 2.46. The molecule has 0 saturated heterocycles. The Labute approximate surface area is 296 Å². The van der Waals surface area contributed by atoms with Gasteiger partial charge in [-0.05, 0) is 107 Å². The van der Waals surface area contributed by atoms with E-state index in [-0.39, 0.29) is 0 Å². The molecule has 0 fully saturated rings. The van der Waals surface area contributed by atoms with Crippen LogP contribution in [0, 0.1) is 22.9 Å². The number of hydrogen-bond acceptors (Lipinski definition) is 1. The average molecular weight is 681 g/mol. The van der Waals surface area contributed by atoms with Crippen LogP contribution in [0.25, 0.3) is 10.8 Å². The van der Waals surface area contributed by atoms with Crippen LogP contribution in [0.15, 0.2) is 0 Å². The summed E-state index contributed by atoms with van der Waals surface area (Å²) in [5.41, 5.74) is 24.4. The highest BCUT2D eigenvalue weighted by Gasteiger charge is 2.32. The van der Waals surface area contributed by atoms with Gasteiger partial charge in [-0.1, -0.05) is 131 Å². The fourth-order valence-corrected chi connectivity index (χ4v) is 10.1. The van der Waals surface area contributed by atoms with Crippen molar-refractivity contribution in [3.05, 3.63) is 65.4 Å². The molecular formula is C44H64SSi2. The molecule has 0 bridgehead atoms. The zero-order valence-corrected chi connectivity index (χ0v) is 35.1. The summed E-state index contributed by atoms with van der Waals surface area (Å²) in [6.07, 6.45) is 16.6. The minimum atomic E-state index is -1.55. The molecule has 0 radical (unpaired) electrons. The van der Waals surface area contributed by atoms with Crippen molar-refractivity contribution in [3.63, 3.8) is 0 Å². The molecule has 1 heterocycles. The van der Waals surface area contributed by atoms with Crippen LogP contribution in [0.1, 0.15) is 145 Å². The summed E-state index contributed by atoms with van der Waals surface area (Å²) < 4.78 is 0. The second-order valence-corrected chi connectivity index (χ2v) is 26.7. The molecule has 2 aromatic carbocycles. The lowest BCUT2D eigenvalue weighted by Crippen LogP contribution is -2.21. The standard InChI is InChI=1S/C44H64SSi2/c1-13-19-31-32(20-14-2)34(22-16-4)38-30-40-36(24-18-6)44-42(26-28-47(10,11)12)45-41(25-27-46(7,8)9)43(44)35(23-17-5)39(40)29-37(38)33(31)21-15-3/h13-24,29-30H2,1-12H3. The van der Waals surface area contributed by atoms with Crippen molar-refractivity contribution in [2.75, 3.05) is 0 Å². The van der Waals surface area contributed by atoms with Crippen molar-refractivity contribution >= 4 is 38.3 Å². The molecule has 0 saturated carbocycles. The van der Waals surface area contributed by atoms with Crippen LogP contribution in [0.4, 0.5) is 0 Å². The van der Waals surface area contributed by atoms with Crippen LogP contribution >= 0.6 is 11.3 Å². The Morgan fingerprint density at radius 2 is 0.702 bits per heavy atom. The van der Waals surface area contributed by atoms with Gasteiger partial charge in [-0.25, -0.2) is 0 Å². The van der Waals surface area contributed by atoms with Gasteiger partial charge in [-0.2, -0.15) is 0 Å². The average Bonchev–Trinajstić information content (AvgIpc) is 3.37. The van der Waals surface area contributed by atoms with Gasteiger partial charge in [-0.3, -0.25) is 0 Å². The first-order chi connectivity index (χ1) is 22.3. The van der Waals surface area contributed by atoms with E-state index in [1.807, 2.05) is 11.3 Å². The quantitative estimate of drug-likeness (QED) is 0.103. The lowest BCUT2D eigenvalue weighted by Gasteiger charge is -2.33. The van der Waals surface area contributed by atoms with Crippen LogP contribution < -0.4 is 0 Å². The van der Waals surface area contributed by atoms with Gasteiger partial charge in [0.1, 0.15) is 16.1 Å². The normalized spacial score (nSPS) is 12.8. The van der Waals surface area contributed by atoms with Crippen LogP contribution in [0.5, 0.6) is 0 Å². The molecule has 1 aromatic heterocycles. The van der Waals surface area contributed by atoms with E-state index in [0.29, 0.717) is 0 Å². The minimum absolute atomic E-state index is 1.11. The highest BCUT2D eigenvalue weighted by atomic mass is 32.1. The van der Waals surface area contributed by atoms with Crippen molar-refractivity contribution in [1.29, 1.82) is 0 Å². The Hall–Kier alpha value is -2.05. The van der Waals surface area contributed by atoms with Crippen LogP contribution in [0.3, 0.4) is 0 Å². The van der Waals surface area contributed by atoms with Gasteiger partial charge in [0.05, 0.1) is 9.75 Å². The van der Waals surface area contributed by atoms with E-state index in [2.05, 4.69) is 104 Å². The van der Waals surface area contributed by atoms with E-state index >= 15 is 0 Å². The fourth-order valence-electron chi connectivity index (χ4n) is 7.90. The number of rotatable bonds is 12. The monoisotopic (exact) mass is 680 g/mol. The zero-order chi connectivity index (χ0) is 34.5. The molecule has 0 N–H and O–H groups in total. The molecule has 0 aliphatic heterocycles. The van der Waals surface area contributed by atoms with Crippen molar-refractivity contribution < 1.29 is 0 Å². The van der Waals surface area contributed by atoms with Gasteiger partial charge >= 0.3 is 0 Å². The first-order valence-electron chi connectivity index (χ1n) is 19.2. The van der Waals surface area contributed by atoms with Crippen LogP contribution in [-0.2, 0) is 51.4 Å². The lowest BCUT2D eigenvalue weighted by atomic mass is 9.71. The largest absolute Gasteiger partial charge is 0.129 e. The van der Waals surface area contributed by atoms with Gasteiger partial charge in [-0.15, -0.1) is 22.4 Å². The summed E-state index contributed by atoms with van der Waals surface area (Å²) in [6, 6.07) is 0. The van der Waals surface area contributed by atoms with Gasteiger partial charge in [0.25, 0.3) is 0 Å². The zero-order valence-electron chi connectivity index (χ0n) is 32.3. The maximum Gasteiger partial charge on any atom is 0.129 e. The third-order valence-corrected chi connectivity index (χ3v) is 12.4. The van der Waals surface area contributed by atoms with E-state index in [9.17, 15) is 0 Å². The molecule has 4 rings (SSSR count). The molecule has 0 amide bonds. The smallest absolute Gasteiger partial charge is 0.126 e. The summed E-state index contributed by atoms with van der Waals surface area (Å²) in [6.45, 7) is 28.5. The number of thiophene rings is 1. The molecule has 0 nitrogen and oxygen atoms in total. The Morgan fingerprint density at radius 1 is 0.426 bits per heavy atom. The van der Waals surface area contributed by atoms with Crippen molar-refractivity contribution in [2.24, 2.45) is 0 Å². The number of aryl methyl sites for hydroxylation is 2. The highest BCUT2D eigenvalue weighted by molar-refractivity contribution is 7.15. The topological polar surface area (TPSA) is 0 Å². The Balaban J connectivity index is 2.21. The Kier molecular flexibility index (Phi) is 12.9. The third kappa shape index (κ3) is 8.40. The van der Waals surface area contributed by atoms with E-state index in [1.165, 1.54) is 71.9 Å².